The molecule has 0 saturated carbocycles. The van der Waals surface area contributed by atoms with Crippen molar-refractivity contribution in [3.8, 4) is 21.8 Å². The summed E-state index contributed by atoms with van der Waals surface area (Å²) in [6, 6.07) is 9.66. The molecular formula is C20H18FN5S. The topological polar surface area (TPSA) is 46.8 Å². The minimum atomic E-state index is -0.471. The van der Waals surface area contributed by atoms with Gasteiger partial charge in [0, 0.05) is 38.1 Å². The fourth-order valence-electron chi connectivity index (χ4n) is 3.46. The average molecular weight is 379 g/mol. The molecule has 1 aliphatic heterocycles. The van der Waals surface area contributed by atoms with Crippen molar-refractivity contribution in [2.24, 2.45) is 7.05 Å². The highest BCUT2D eigenvalue weighted by atomic mass is 32.1. The van der Waals surface area contributed by atoms with Crippen molar-refractivity contribution in [2.45, 2.75) is 12.8 Å². The van der Waals surface area contributed by atoms with E-state index in [0.717, 1.165) is 41.9 Å². The molecule has 0 spiro atoms. The molecule has 5 nitrogen and oxygen atoms in total. The second-order valence-electron chi connectivity index (χ2n) is 6.80. The summed E-state index contributed by atoms with van der Waals surface area (Å²) in [5.74, 6) is 0.237. The van der Waals surface area contributed by atoms with Crippen LogP contribution < -0.4 is 4.90 Å². The Kier molecular flexibility index (Phi) is 3.89. The van der Waals surface area contributed by atoms with Crippen LogP contribution in [0.15, 0.2) is 42.7 Å². The van der Waals surface area contributed by atoms with E-state index in [1.165, 1.54) is 11.3 Å². The second kappa shape index (κ2) is 6.42. The molecule has 7 heteroatoms. The van der Waals surface area contributed by atoms with E-state index in [0.29, 0.717) is 22.0 Å². The Hall–Kier alpha value is -2.80. The van der Waals surface area contributed by atoms with Crippen LogP contribution in [0, 0.1) is 5.95 Å². The van der Waals surface area contributed by atoms with Crippen molar-refractivity contribution in [3.63, 3.8) is 0 Å². The molecule has 0 amide bonds. The van der Waals surface area contributed by atoms with Crippen LogP contribution in [0.3, 0.4) is 0 Å². The van der Waals surface area contributed by atoms with Gasteiger partial charge in [-0.3, -0.25) is 0 Å². The number of aryl methyl sites for hydroxylation is 1. The third-order valence-corrected chi connectivity index (χ3v) is 5.92. The monoisotopic (exact) mass is 379 g/mol. The molecule has 0 N–H and O–H groups in total. The molecule has 0 aliphatic carbocycles. The Balaban J connectivity index is 1.51. The van der Waals surface area contributed by atoms with Gasteiger partial charge in [-0.2, -0.15) is 4.39 Å². The van der Waals surface area contributed by atoms with Crippen LogP contribution in [0.2, 0.25) is 0 Å². The number of hydrogen-bond donors (Lipinski definition) is 0. The molecular weight excluding hydrogens is 361 g/mol. The fourth-order valence-corrected chi connectivity index (χ4v) is 4.38. The minimum Gasteiger partial charge on any atom is -0.357 e. The van der Waals surface area contributed by atoms with Crippen molar-refractivity contribution in [2.75, 3.05) is 18.0 Å². The van der Waals surface area contributed by atoms with E-state index in [-0.39, 0.29) is 0 Å². The van der Waals surface area contributed by atoms with E-state index in [1.54, 1.807) is 6.07 Å². The first-order valence-corrected chi connectivity index (χ1v) is 9.81. The zero-order chi connectivity index (χ0) is 18.4. The fraction of sp³-hybridized carbons (Fsp3) is 0.250. The Morgan fingerprint density at radius 3 is 2.59 bits per heavy atom. The molecule has 1 saturated heterocycles. The van der Waals surface area contributed by atoms with Gasteiger partial charge in [0.2, 0.25) is 5.95 Å². The second-order valence-corrected chi connectivity index (χ2v) is 7.84. The van der Waals surface area contributed by atoms with Crippen molar-refractivity contribution in [3.05, 3.63) is 48.7 Å². The van der Waals surface area contributed by atoms with E-state index in [4.69, 9.17) is 0 Å². The number of thiazole rings is 1. The van der Waals surface area contributed by atoms with Crippen LogP contribution in [0.4, 0.5) is 10.2 Å². The molecule has 4 aromatic rings. The summed E-state index contributed by atoms with van der Waals surface area (Å²) in [5, 5.41) is 0.612. The summed E-state index contributed by atoms with van der Waals surface area (Å²) in [4.78, 5) is 15.5. The van der Waals surface area contributed by atoms with Gasteiger partial charge in [-0.25, -0.2) is 15.0 Å². The van der Waals surface area contributed by atoms with Gasteiger partial charge >= 0.3 is 0 Å². The molecule has 0 aromatic carbocycles. The van der Waals surface area contributed by atoms with Crippen LogP contribution in [0.5, 0.6) is 0 Å². The van der Waals surface area contributed by atoms with E-state index in [2.05, 4.69) is 19.9 Å². The van der Waals surface area contributed by atoms with E-state index in [9.17, 15) is 4.39 Å². The first-order chi connectivity index (χ1) is 13.2. The molecule has 4 aromatic heterocycles. The summed E-state index contributed by atoms with van der Waals surface area (Å²) < 4.78 is 17.6. The van der Waals surface area contributed by atoms with Crippen LogP contribution in [-0.2, 0) is 7.05 Å². The van der Waals surface area contributed by atoms with Crippen molar-refractivity contribution < 1.29 is 4.39 Å². The molecule has 0 bridgehead atoms. The molecule has 5 heterocycles. The highest BCUT2D eigenvalue weighted by molar-refractivity contribution is 7.21. The molecule has 1 fully saturated rings. The summed E-state index contributed by atoms with van der Waals surface area (Å²) >= 11 is 1.44. The molecule has 5 rings (SSSR count). The van der Waals surface area contributed by atoms with Crippen molar-refractivity contribution in [1.82, 2.24) is 19.5 Å². The number of anilines is 1. The SMILES string of the molecule is Cn1ccc(-c2ccc3sc(-c4ccc(N5CCCC5)nc4F)nc3n2)c1. The molecule has 136 valence electrons. The van der Waals surface area contributed by atoms with Gasteiger partial charge in [0.15, 0.2) is 5.65 Å². The summed E-state index contributed by atoms with van der Waals surface area (Å²) in [7, 11) is 1.98. The number of rotatable bonds is 3. The molecule has 0 unspecified atom stereocenters. The summed E-state index contributed by atoms with van der Waals surface area (Å²) in [6.07, 6.45) is 6.27. The maximum Gasteiger partial charge on any atom is 0.225 e. The first kappa shape index (κ1) is 16.4. The predicted molar refractivity (Wildman–Crippen MR) is 106 cm³/mol. The van der Waals surface area contributed by atoms with Gasteiger partial charge in [0.05, 0.1) is 16.0 Å². The molecule has 0 atom stereocenters. The number of nitrogens with zero attached hydrogens (tertiary/aromatic N) is 5. The quantitative estimate of drug-likeness (QED) is 0.492. The Morgan fingerprint density at radius 2 is 1.85 bits per heavy atom. The lowest BCUT2D eigenvalue weighted by molar-refractivity contribution is 0.586. The smallest absolute Gasteiger partial charge is 0.225 e. The lowest BCUT2D eigenvalue weighted by Gasteiger charge is -2.16. The maximum absolute atomic E-state index is 14.7. The lowest BCUT2D eigenvalue weighted by Crippen LogP contribution is -2.19. The highest BCUT2D eigenvalue weighted by Crippen LogP contribution is 2.33. The number of hydrogen-bond acceptors (Lipinski definition) is 5. The standard InChI is InChI=1S/C20H18FN5S/c1-25-11-8-13(12-25)15-5-6-16-19(22-15)24-20(27-16)14-4-7-17(23-18(14)21)26-9-2-3-10-26/h4-8,11-12H,2-3,9-10H2,1H3. The third kappa shape index (κ3) is 2.98. The maximum atomic E-state index is 14.7. The van der Waals surface area contributed by atoms with E-state index < -0.39 is 5.95 Å². The van der Waals surface area contributed by atoms with Gasteiger partial charge in [0.25, 0.3) is 0 Å². The van der Waals surface area contributed by atoms with E-state index in [1.807, 2.05) is 48.3 Å². The number of halogens is 1. The molecule has 1 aliphatic rings. The van der Waals surface area contributed by atoms with Crippen molar-refractivity contribution >= 4 is 27.5 Å². The van der Waals surface area contributed by atoms with Crippen LogP contribution in [-0.4, -0.2) is 32.6 Å². The normalized spacial score (nSPS) is 14.4. The molecule has 0 radical (unpaired) electrons. The number of aromatic nitrogens is 4. The van der Waals surface area contributed by atoms with Crippen LogP contribution >= 0.6 is 11.3 Å². The van der Waals surface area contributed by atoms with Crippen LogP contribution in [0.25, 0.3) is 32.2 Å². The Labute approximate surface area is 160 Å². The van der Waals surface area contributed by atoms with Gasteiger partial charge in [-0.05, 0) is 43.2 Å². The molecule has 27 heavy (non-hydrogen) atoms. The van der Waals surface area contributed by atoms with Gasteiger partial charge < -0.3 is 9.47 Å². The number of fused-ring (bicyclic) bond motifs is 1. The zero-order valence-electron chi connectivity index (χ0n) is 14.9. The Morgan fingerprint density at radius 1 is 1.00 bits per heavy atom. The van der Waals surface area contributed by atoms with Gasteiger partial charge in [-0.1, -0.05) is 0 Å². The Bertz CT molecular complexity index is 1130. The lowest BCUT2D eigenvalue weighted by atomic mass is 10.2. The van der Waals surface area contributed by atoms with E-state index >= 15 is 0 Å². The first-order valence-electron chi connectivity index (χ1n) is 8.99. The van der Waals surface area contributed by atoms with Crippen molar-refractivity contribution in [1.29, 1.82) is 0 Å². The average Bonchev–Trinajstić information content (AvgIpc) is 3.41. The minimum absolute atomic E-state index is 0.433. The highest BCUT2D eigenvalue weighted by Gasteiger charge is 2.18. The largest absolute Gasteiger partial charge is 0.357 e. The van der Waals surface area contributed by atoms with Gasteiger partial charge in [-0.15, -0.1) is 11.3 Å². The number of pyridine rings is 2. The predicted octanol–water partition coefficient (Wildman–Crippen LogP) is 4.50. The van der Waals surface area contributed by atoms with Crippen LogP contribution in [0.1, 0.15) is 12.8 Å². The third-order valence-electron chi connectivity index (χ3n) is 4.88. The summed E-state index contributed by atoms with van der Waals surface area (Å²) in [5.41, 5.74) is 2.97. The summed E-state index contributed by atoms with van der Waals surface area (Å²) in [6.45, 7) is 1.89. The zero-order valence-corrected chi connectivity index (χ0v) is 15.7. The van der Waals surface area contributed by atoms with Gasteiger partial charge in [0.1, 0.15) is 10.8 Å².